The van der Waals surface area contributed by atoms with Crippen molar-refractivity contribution in [1.82, 2.24) is 10.2 Å². The molecule has 1 aliphatic heterocycles. The molecule has 0 saturated carbocycles. The minimum Gasteiger partial charge on any atom is -0.493 e. The van der Waals surface area contributed by atoms with Crippen molar-refractivity contribution in [2.75, 3.05) is 45.3 Å². The van der Waals surface area contributed by atoms with Gasteiger partial charge >= 0.3 is 6.09 Å². The zero-order valence-corrected chi connectivity index (χ0v) is 30.4. The van der Waals surface area contributed by atoms with E-state index >= 15 is 0 Å². The fourth-order valence-electron chi connectivity index (χ4n) is 5.41. The molecule has 1 fully saturated rings. The Labute approximate surface area is 282 Å². The van der Waals surface area contributed by atoms with Crippen LogP contribution in [-0.2, 0) is 30.2 Å². The zero-order valence-electron chi connectivity index (χ0n) is 28.2. The maximum atomic E-state index is 13.4. The molecule has 0 bridgehead atoms. The summed E-state index contributed by atoms with van der Waals surface area (Å²) in [6.45, 7) is 13.1. The molecule has 0 aliphatic carbocycles. The van der Waals surface area contributed by atoms with Gasteiger partial charge in [0.1, 0.15) is 11.3 Å². The normalized spacial score (nSPS) is 18.2. The minimum atomic E-state index is -0.871. The molecule has 45 heavy (non-hydrogen) atoms. The van der Waals surface area contributed by atoms with E-state index in [4.69, 9.17) is 29.4 Å². The highest BCUT2D eigenvalue weighted by atomic mass is 127. The fourth-order valence-corrected chi connectivity index (χ4v) is 5.68. The number of nitrogens with zero attached hydrogens (tertiary/aromatic N) is 1. The average molecular weight is 748 g/mol. The summed E-state index contributed by atoms with van der Waals surface area (Å²) in [4.78, 5) is 39.9. The van der Waals surface area contributed by atoms with Crippen LogP contribution in [0.3, 0.4) is 0 Å². The van der Waals surface area contributed by atoms with Crippen LogP contribution in [0.5, 0.6) is 11.5 Å². The molecule has 0 radical (unpaired) electrons. The Hall–Kier alpha value is -2.32. The molecule has 11 nitrogen and oxygen atoms in total. The molecule has 3 amide bonds. The van der Waals surface area contributed by atoms with Crippen molar-refractivity contribution in [3.63, 3.8) is 0 Å². The second kappa shape index (κ2) is 18.7. The molecule has 1 aliphatic rings. The van der Waals surface area contributed by atoms with Crippen LogP contribution >= 0.6 is 22.6 Å². The van der Waals surface area contributed by atoms with E-state index in [2.05, 4.69) is 19.2 Å². The predicted octanol–water partition coefficient (Wildman–Crippen LogP) is 5.16. The highest BCUT2D eigenvalue weighted by molar-refractivity contribution is 14.1. The van der Waals surface area contributed by atoms with E-state index in [0.29, 0.717) is 43.5 Å². The topological polar surface area (TPSA) is 139 Å². The first-order chi connectivity index (χ1) is 21.2. The summed E-state index contributed by atoms with van der Waals surface area (Å²) in [6.07, 6.45) is 1.81. The lowest BCUT2D eigenvalue weighted by Crippen LogP contribution is -2.46. The van der Waals surface area contributed by atoms with Crippen LogP contribution in [0.15, 0.2) is 18.2 Å². The number of methoxy groups -OCH3 is 2. The summed E-state index contributed by atoms with van der Waals surface area (Å²) in [5.74, 6) is 0.816. The lowest BCUT2D eigenvalue weighted by atomic mass is 9.80. The molecular weight excluding hydrogens is 693 g/mol. The van der Waals surface area contributed by atoms with Crippen molar-refractivity contribution in [2.45, 2.75) is 79.4 Å². The number of rotatable bonds is 19. The third-order valence-corrected chi connectivity index (χ3v) is 8.94. The summed E-state index contributed by atoms with van der Waals surface area (Å²) >= 11 is 2.01. The van der Waals surface area contributed by atoms with Crippen LogP contribution < -0.4 is 20.5 Å². The summed E-state index contributed by atoms with van der Waals surface area (Å²) in [5.41, 5.74) is 5.74. The van der Waals surface area contributed by atoms with Crippen LogP contribution in [0.2, 0.25) is 0 Å². The largest absolute Gasteiger partial charge is 0.493 e. The molecule has 1 heterocycles. The Morgan fingerprint density at radius 1 is 1.09 bits per heavy atom. The number of ether oxygens (including phenoxy) is 5. The van der Waals surface area contributed by atoms with E-state index in [1.807, 2.05) is 54.6 Å². The number of carbonyl (C=O) groups is 3. The third-order valence-electron chi connectivity index (χ3n) is 8.63. The maximum absolute atomic E-state index is 13.4. The molecule has 0 unspecified atom stereocenters. The Morgan fingerprint density at radius 2 is 1.80 bits per heavy atom. The molecule has 4 atom stereocenters. The van der Waals surface area contributed by atoms with Crippen molar-refractivity contribution in [2.24, 2.45) is 34.8 Å². The van der Waals surface area contributed by atoms with Gasteiger partial charge in [-0.05, 0) is 91.2 Å². The quantitative estimate of drug-likeness (QED) is 0.113. The van der Waals surface area contributed by atoms with Crippen molar-refractivity contribution >= 4 is 40.5 Å². The molecule has 1 saturated heterocycles. The lowest BCUT2D eigenvalue weighted by Gasteiger charge is -2.33. The molecule has 12 heteroatoms. The van der Waals surface area contributed by atoms with Crippen LogP contribution in [0.1, 0.15) is 66.4 Å². The zero-order chi connectivity index (χ0) is 33.7. The maximum Gasteiger partial charge on any atom is 0.412 e. The monoisotopic (exact) mass is 747 g/mol. The van der Waals surface area contributed by atoms with Crippen LogP contribution in [0.4, 0.5) is 4.79 Å². The van der Waals surface area contributed by atoms with Gasteiger partial charge in [-0.15, -0.1) is 0 Å². The first-order valence-corrected chi connectivity index (χ1v) is 17.2. The first kappa shape index (κ1) is 38.9. The molecule has 0 aromatic heterocycles. The number of nitrogens with two attached hydrogens (primary N) is 1. The van der Waals surface area contributed by atoms with E-state index in [0.717, 1.165) is 18.4 Å². The van der Waals surface area contributed by atoms with Gasteiger partial charge in [-0.2, -0.15) is 0 Å². The predicted molar refractivity (Wildman–Crippen MR) is 181 cm³/mol. The second-order valence-electron chi connectivity index (χ2n) is 13.1. The Bertz CT molecular complexity index is 1100. The smallest absolute Gasteiger partial charge is 0.412 e. The van der Waals surface area contributed by atoms with E-state index < -0.39 is 23.3 Å². The van der Waals surface area contributed by atoms with Gasteiger partial charge in [0.15, 0.2) is 11.5 Å². The number of carbonyl (C=O) groups excluding carboxylic acids is 3. The van der Waals surface area contributed by atoms with Gasteiger partial charge in [-0.1, -0.05) is 33.8 Å². The third kappa shape index (κ3) is 11.8. The minimum absolute atomic E-state index is 0.00351. The van der Waals surface area contributed by atoms with E-state index in [1.165, 1.54) is 0 Å². The lowest BCUT2D eigenvalue weighted by molar-refractivity contribution is -0.130. The summed E-state index contributed by atoms with van der Waals surface area (Å²) < 4.78 is 28.5. The summed E-state index contributed by atoms with van der Waals surface area (Å²) in [5, 5.41) is 2.93. The number of hydrogen-bond acceptors (Lipinski definition) is 8. The van der Waals surface area contributed by atoms with Gasteiger partial charge in [0.2, 0.25) is 11.8 Å². The van der Waals surface area contributed by atoms with Crippen molar-refractivity contribution < 1.29 is 38.1 Å². The standard InChI is InChI=1S/C33H54IN3O8/c1-21(2)24(14-23-10-11-27(42-8)29(15-23)43-13-9-12-41-7)16-26-28(45-20-37(26)32(40)44-19-34)17-25(22(3)4)30(38)36-18-33(5,6)31(35)39/h10-11,15,21-22,24-26,28H,9,12-14,16-20H2,1-8H3,(H2,35,39)(H,36,38)/t24-,25-,26-,28-/m0/s1. The Balaban J connectivity index is 2.29. The SMILES string of the molecule is COCCCOc1cc(C[C@@H](C[C@H]2[C@H](C[C@H](C(=O)NCC(C)(C)C(N)=O)C(C)C)OCN2C(=O)OCI)C(C)C)ccc1OC. The second-order valence-corrected chi connectivity index (χ2v) is 13.7. The van der Waals surface area contributed by atoms with E-state index in [1.54, 1.807) is 33.0 Å². The summed E-state index contributed by atoms with van der Waals surface area (Å²) in [7, 11) is 3.29. The number of amides is 3. The number of nitrogens with one attached hydrogen (secondary N) is 1. The van der Waals surface area contributed by atoms with Crippen LogP contribution in [0.25, 0.3) is 0 Å². The number of halogens is 1. The number of benzene rings is 1. The number of alkyl halides is 1. The van der Waals surface area contributed by atoms with Crippen LogP contribution in [-0.4, -0.2) is 80.3 Å². The molecule has 3 N–H and O–H groups in total. The highest BCUT2D eigenvalue weighted by Crippen LogP contribution is 2.36. The van der Waals surface area contributed by atoms with Crippen molar-refractivity contribution in [1.29, 1.82) is 0 Å². The first-order valence-electron chi connectivity index (χ1n) is 15.7. The van der Waals surface area contributed by atoms with Crippen molar-refractivity contribution in [3.05, 3.63) is 23.8 Å². The average Bonchev–Trinajstić information content (AvgIpc) is 3.38. The van der Waals surface area contributed by atoms with Gasteiger partial charge in [-0.25, -0.2) is 4.79 Å². The fraction of sp³-hybridized carbons (Fsp3) is 0.727. The van der Waals surface area contributed by atoms with Gasteiger partial charge in [0.25, 0.3) is 0 Å². The van der Waals surface area contributed by atoms with E-state index in [9.17, 15) is 14.4 Å². The van der Waals surface area contributed by atoms with Crippen LogP contribution in [0, 0.1) is 29.1 Å². The number of primary amides is 1. The molecule has 2 rings (SSSR count). The Morgan fingerprint density at radius 3 is 2.38 bits per heavy atom. The Kier molecular flexibility index (Phi) is 16.2. The van der Waals surface area contributed by atoms with Crippen molar-refractivity contribution in [3.8, 4) is 11.5 Å². The molecule has 1 aromatic rings. The van der Waals surface area contributed by atoms with Gasteiger partial charge in [0.05, 0.1) is 31.3 Å². The molecule has 0 spiro atoms. The summed E-state index contributed by atoms with van der Waals surface area (Å²) in [6, 6.07) is 5.72. The number of hydrogen-bond donors (Lipinski definition) is 2. The van der Waals surface area contributed by atoms with Gasteiger partial charge < -0.3 is 34.7 Å². The highest BCUT2D eigenvalue weighted by Gasteiger charge is 2.43. The van der Waals surface area contributed by atoms with Gasteiger partial charge in [-0.3, -0.25) is 14.5 Å². The van der Waals surface area contributed by atoms with E-state index in [-0.39, 0.29) is 47.8 Å². The van der Waals surface area contributed by atoms with Gasteiger partial charge in [0, 0.05) is 32.6 Å². The molecule has 256 valence electrons. The molecular formula is C33H54IN3O8. The molecule has 1 aromatic carbocycles.